The molecule has 0 aliphatic rings. The van der Waals surface area contributed by atoms with Crippen molar-refractivity contribution in [2.24, 2.45) is 0 Å². The molecule has 1 aromatic carbocycles. The molecule has 0 saturated carbocycles. The van der Waals surface area contributed by atoms with E-state index in [9.17, 15) is 13.2 Å². The van der Waals surface area contributed by atoms with Gasteiger partial charge in [-0.05, 0) is 31.2 Å². The predicted molar refractivity (Wildman–Crippen MR) is 78.6 cm³/mol. The topological polar surface area (TPSA) is 24.5 Å². The average Bonchev–Trinajstić information content (AvgIpc) is 2.44. The molecule has 6 heteroatoms. The highest BCUT2D eigenvalue weighted by Crippen LogP contribution is 2.34. The van der Waals surface area contributed by atoms with Crippen molar-refractivity contribution in [1.29, 1.82) is 0 Å². The van der Waals surface area contributed by atoms with Gasteiger partial charge in [0.1, 0.15) is 0 Å². The molecule has 0 bridgehead atoms. The molecule has 1 N–H and O–H groups in total. The molecule has 0 radical (unpaired) electrons. The summed E-state index contributed by atoms with van der Waals surface area (Å²) in [5.74, 6) is 0. The van der Waals surface area contributed by atoms with Gasteiger partial charge >= 0.3 is 6.18 Å². The van der Waals surface area contributed by atoms with Crippen LogP contribution in [0.3, 0.4) is 0 Å². The Bertz CT molecular complexity index is 435. The van der Waals surface area contributed by atoms with Crippen LogP contribution in [0, 0.1) is 0 Å². The average molecular weight is 304 g/mol. The molecule has 0 amide bonds. The van der Waals surface area contributed by atoms with E-state index in [-0.39, 0.29) is 12.1 Å². The van der Waals surface area contributed by atoms with Crippen molar-refractivity contribution in [1.82, 2.24) is 5.32 Å². The zero-order valence-electron chi connectivity index (χ0n) is 12.8. The summed E-state index contributed by atoms with van der Waals surface area (Å²) in [6.07, 6.45) is -4.35. The smallest absolute Gasteiger partial charge is 0.380 e. The molecule has 1 aromatic rings. The third kappa shape index (κ3) is 5.55. The molecule has 0 aromatic heterocycles. The maximum absolute atomic E-state index is 13.2. The largest absolute Gasteiger partial charge is 0.416 e. The van der Waals surface area contributed by atoms with Crippen LogP contribution in [0.25, 0.3) is 0 Å². The highest BCUT2D eigenvalue weighted by molar-refractivity contribution is 5.51. The molecular formula is C15H23F3N2O. The van der Waals surface area contributed by atoms with E-state index in [1.54, 1.807) is 18.0 Å². The normalized spacial score (nSPS) is 11.7. The van der Waals surface area contributed by atoms with Crippen molar-refractivity contribution in [3.63, 3.8) is 0 Å². The summed E-state index contributed by atoms with van der Waals surface area (Å²) in [6.45, 7) is 6.25. The van der Waals surface area contributed by atoms with E-state index in [0.717, 1.165) is 0 Å². The summed E-state index contributed by atoms with van der Waals surface area (Å²) in [7, 11) is 1.76. The standard InChI is InChI=1S/C15H23F3N2O/c1-4-19-11-12-6-7-13(10-14(12)15(16,17)18)20(3)8-9-21-5-2/h6-7,10,19H,4-5,8-9,11H2,1-3H3. The maximum atomic E-state index is 13.2. The Morgan fingerprint density at radius 3 is 2.52 bits per heavy atom. The van der Waals surface area contributed by atoms with Crippen molar-refractivity contribution in [2.75, 3.05) is 38.3 Å². The molecule has 0 atom stereocenters. The minimum Gasteiger partial charge on any atom is -0.380 e. The predicted octanol–water partition coefficient (Wildman–Crippen LogP) is 3.29. The summed E-state index contributed by atoms with van der Waals surface area (Å²) in [5.41, 5.74) is 0.234. The van der Waals surface area contributed by atoms with E-state index >= 15 is 0 Å². The van der Waals surface area contributed by atoms with Gasteiger partial charge in [-0.15, -0.1) is 0 Å². The van der Waals surface area contributed by atoms with Crippen LogP contribution in [0.2, 0.25) is 0 Å². The Kier molecular flexibility index (Phi) is 6.98. The van der Waals surface area contributed by atoms with E-state index in [1.165, 1.54) is 12.1 Å². The Morgan fingerprint density at radius 2 is 1.95 bits per heavy atom. The fourth-order valence-electron chi connectivity index (χ4n) is 1.95. The summed E-state index contributed by atoms with van der Waals surface area (Å²) in [6, 6.07) is 4.46. The van der Waals surface area contributed by atoms with Crippen molar-refractivity contribution in [2.45, 2.75) is 26.6 Å². The Morgan fingerprint density at radius 1 is 1.24 bits per heavy atom. The molecule has 0 fully saturated rings. The number of hydrogen-bond donors (Lipinski definition) is 1. The summed E-state index contributed by atoms with van der Waals surface area (Å²) in [4.78, 5) is 1.77. The molecule has 21 heavy (non-hydrogen) atoms. The van der Waals surface area contributed by atoms with Crippen molar-refractivity contribution in [3.05, 3.63) is 29.3 Å². The van der Waals surface area contributed by atoms with Crippen LogP contribution >= 0.6 is 0 Å². The van der Waals surface area contributed by atoms with Gasteiger partial charge in [-0.2, -0.15) is 13.2 Å². The van der Waals surface area contributed by atoms with Crippen LogP contribution < -0.4 is 10.2 Å². The molecule has 1 rings (SSSR count). The molecule has 0 aliphatic carbocycles. The van der Waals surface area contributed by atoms with Gasteiger partial charge in [0.05, 0.1) is 12.2 Å². The van der Waals surface area contributed by atoms with Crippen molar-refractivity contribution < 1.29 is 17.9 Å². The molecule has 3 nitrogen and oxygen atoms in total. The van der Waals surface area contributed by atoms with Crippen molar-refractivity contribution in [3.8, 4) is 0 Å². The first-order valence-corrected chi connectivity index (χ1v) is 7.09. The van der Waals surface area contributed by atoms with E-state index < -0.39 is 11.7 Å². The van der Waals surface area contributed by atoms with Gasteiger partial charge in [0.15, 0.2) is 0 Å². The molecule has 0 unspecified atom stereocenters. The second-order valence-electron chi connectivity index (χ2n) is 4.74. The highest BCUT2D eigenvalue weighted by Gasteiger charge is 2.33. The fourth-order valence-corrected chi connectivity index (χ4v) is 1.95. The van der Waals surface area contributed by atoms with Crippen LogP contribution in [0.4, 0.5) is 18.9 Å². The SMILES string of the molecule is CCNCc1ccc(N(C)CCOCC)cc1C(F)(F)F. The summed E-state index contributed by atoms with van der Waals surface area (Å²) in [5, 5.41) is 2.93. The molecule has 0 spiro atoms. The molecule has 120 valence electrons. The number of halogens is 3. The van der Waals surface area contributed by atoms with Crippen LogP contribution in [0.5, 0.6) is 0 Å². The minimum atomic E-state index is -4.35. The first-order valence-electron chi connectivity index (χ1n) is 7.09. The third-order valence-corrected chi connectivity index (χ3v) is 3.18. The summed E-state index contributed by atoms with van der Waals surface area (Å²) >= 11 is 0. The second kappa shape index (κ2) is 8.24. The third-order valence-electron chi connectivity index (χ3n) is 3.18. The second-order valence-corrected chi connectivity index (χ2v) is 4.74. The highest BCUT2D eigenvalue weighted by atomic mass is 19.4. The van der Waals surface area contributed by atoms with E-state index in [1.807, 2.05) is 13.8 Å². The van der Waals surface area contributed by atoms with Crippen LogP contribution in [-0.4, -0.2) is 33.4 Å². The van der Waals surface area contributed by atoms with Gasteiger partial charge in [-0.1, -0.05) is 13.0 Å². The molecule has 0 aliphatic heterocycles. The van der Waals surface area contributed by atoms with E-state index in [0.29, 0.717) is 32.0 Å². The lowest BCUT2D eigenvalue weighted by Crippen LogP contribution is -2.24. The van der Waals surface area contributed by atoms with Crippen LogP contribution in [-0.2, 0) is 17.5 Å². The van der Waals surface area contributed by atoms with Crippen LogP contribution in [0.15, 0.2) is 18.2 Å². The number of anilines is 1. The lowest BCUT2D eigenvalue weighted by atomic mass is 10.1. The number of benzene rings is 1. The van der Waals surface area contributed by atoms with Gasteiger partial charge in [-0.3, -0.25) is 0 Å². The molecular weight excluding hydrogens is 281 g/mol. The number of alkyl halides is 3. The Labute approximate surface area is 124 Å². The van der Waals surface area contributed by atoms with Gasteiger partial charge in [0, 0.05) is 32.4 Å². The van der Waals surface area contributed by atoms with Gasteiger partial charge in [-0.25, -0.2) is 0 Å². The first kappa shape index (κ1) is 17.8. The number of hydrogen-bond acceptors (Lipinski definition) is 3. The zero-order valence-corrected chi connectivity index (χ0v) is 12.8. The van der Waals surface area contributed by atoms with Gasteiger partial charge in [0.2, 0.25) is 0 Å². The minimum absolute atomic E-state index is 0.217. The van der Waals surface area contributed by atoms with Gasteiger partial charge < -0.3 is 15.0 Å². The first-order chi connectivity index (χ1) is 9.90. The molecule has 0 heterocycles. The molecule has 0 saturated heterocycles. The quantitative estimate of drug-likeness (QED) is 0.746. The van der Waals surface area contributed by atoms with Gasteiger partial charge in [0.25, 0.3) is 0 Å². The Balaban J connectivity index is 2.93. The van der Waals surface area contributed by atoms with E-state index in [4.69, 9.17) is 4.74 Å². The maximum Gasteiger partial charge on any atom is 0.416 e. The number of nitrogens with zero attached hydrogens (tertiary/aromatic N) is 1. The monoisotopic (exact) mass is 304 g/mol. The number of rotatable bonds is 8. The van der Waals surface area contributed by atoms with Crippen LogP contribution in [0.1, 0.15) is 25.0 Å². The lowest BCUT2D eigenvalue weighted by molar-refractivity contribution is -0.138. The zero-order chi connectivity index (χ0) is 15.9. The lowest BCUT2D eigenvalue weighted by Gasteiger charge is -2.22. The fraction of sp³-hybridized carbons (Fsp3) is 0.600. The number of likely N-dealkylation sites (N-methyl/N-ethyl adjacent to an activating group) is 1. The number of nitrogens with one attached hydrogen (secondary N) is 1. The summed E-state index contributed by atoms with van der Waals surface area (Å²) < 4.78 is 44.7. The Hall–Kier alpha value is -1.27. The van der Waals surface area contributed by atoms with Crippen molar-refractivity contribution >= 4 is 5.69 Å². The van der Waals surface area contributed by atoms with E-state index in [2.05, 4.69) is 5.32 Å². The number of ether oxygens (including phenoxy) is 1.